The van der Waals surface area contributed by atoms with Gasteiger partial charge in [0.1, 0.15) is 12.4 Å². The second-order valence-electron chi connectivity index (χ2n) is 7.74. The van der Waals surface area contributed by atoms with Crippen molar-refractivity contribution < 1.29 is 9.53 Å². The largest absolute Gasteiger partial charge is 0.489 e. The van der Waals surface area contributed by atoms with Crippen molar-refractivity contribution in [3.05, 3.63) is 95.3 Å². The highest BCUT2D eigenvalue weighted by molar-refractivity contribution is 5.90. The van der Waals surface area contributed by atoms with Crippen LogP contribution in [0, 0.1) is 6.92 Å². The number of rotatable bonds is 6. The third-order valence-corrected chi connectivity index (χ3v) is 5.26. The van der Waals surface area contributed by atoms with Crippen molar-refractivity contribution in [2.24, 2.45) is 0 Å². The topological polar surface area (TPSA) is 30.7 Å². The number of fused-ring (bicyclic) bond motifs is 1. The molecule has 0 saturated carbocycles. The van der Waals surface area contributed by atoms with Crippen LogP contribution in [0.2, 0.25) is 0 Å². The Morgan fingerprint density at radius 2 is 1.79 bits per heavy atom. The van der Waals surface area contributed by atoms with Crippen molar-refractivity contribution in [1.82, 2.24) is 4.40 Å². The normalized spacial score (nSPS) is 11.2. The molecule has 4 rings (SSSR count). The Hall–Kier alpha value is -3.33. The molecule has 0 radical (unpaired) electrons. The van der Waals surface area contributed by atoms with Gasteiger partial charge in [0.05, 0.1) is 5.69 Å². The lowest BCUT2D eigenvalue weighted by Gasteiger charge is -2.16. The Kier molecular flexibility index (Phi) is 5.22. The first kappa shape index (κ1) is 19.0. The third kappa shape index (κ3) is 3.81. The Bertz CT molecular complexity index is 1160. The average molecular weight is 383 g/mol. The fourth-order valence-corrected chi connectivity index (χ4v) is 3.70. The summed E-state index contributed by atoms with van der Waals surface area (Å²) < 4.78 is 8.08. The Morgan fingerprint density at radius 3 is 2.52 bits per heavy atom. The summed E-state index contributed by atoms with van der Waals surface area (Å²) in [5, 5.41) is 0. The Labute approximate surface area is 171 Å². The highest BCUT2D eigenvalue weighted by atomic mass is 16.5. The molecule has 0 N–H and O–H groups in total. The lowest BCUT2D eigenvalue weighted by Crippen LogP contribution is -2.00. The van der Waals surface area contributed by atoms with Crippen LogP contribution in [0.4, 0.5) is 0 Å². The zero-order chi connectivity index (χ0) is 20.4. The van der Waals surface area contributed by atoms with Crippen LogP contribution in [0.15, 0.2) is 72.9 Å². The van der Waals surface area contributed by atoms with E-state index in [-0.39, 0.29) is 0 Å². The molecule has 2 aromatic carbocycles. The number of hydrogen-bond donors (Lipinski definition) is 0. The van der Waals surface area contributed by atoms with Crippen molar-refractivity contribution >= 4 is 11.8 Å². The summed E-state index contributed by atoms with van der Waals surface area (Å²) in [5.74, 6) is 1.19. The molecule has 29 heavy (non-hydrogen) atoms. The van der Waals surface area contributed by atoms with Gasteiger partial charge in [-0.05, 0) is 65.4 Å². The third-order valence-electron chi connectivity index (χ3n) is 5.26. The zero-order valence-electron chi connectivity index (χ0n) is 17.1. The van der Waals surface area contributed by atoms with E-state index in [9.17, 15) is 4.79 Å². The smallest absolute Gasteiger partial charge is 0.167 e. The number of aryl methyl sites for hydroxylation is 1. The van der Waals surface area contributed by atoms with Crippen LogP contribution in [0.3, 0.4) is 0 Å². The van der Waals surface area contributed by atoms with Crippen molar-refractivity contribution in [3.8, 4) is 16.9 Å². The average Bonchev–Trinajstić information content (AvgIpc) is 3.10. The van der Waals surface area contributed by atoms with Crippen molar-refractivity contribution in [2.75, 3.05) is 0 Å². The summed E-state index contributed by atoms with van der Waals surface area (Å²) in [6.07, 6.45) is 2.89. The highest BCUT2D eigenvalue weighted by Gasteiger charge is 2.15. The van der Waals surface area contributed by atoms with Crippen LogP contribution < -0.4 is 4.74 Å². The summed E-state index contributed by atoms with van der Waals surface area (Å²) in [5.41, 5.74) is 7.13. The number of pyridine rings is 1. The van der Waals surface area contributed by atoms with Gasteiger partial charge >= 0.3 is 0 Å². The van der Waals surface area contributed by atoms with E-state index in [1.807, 2.05) is 47.0 Å². The molecule has 0 spiro atoms. The molecule has 3 heteroatoms. The maximum atomic E-state index is 11.9. The molecule has 4 aromatic rings. The van der Waals surface area contributed by atoms with Gasteiger partial charge in [0.25, 0.3) is 0 Å². The summed E-state index contributed by atoms with van der Waals surface area (Å²) >= 11 is 0. The van der Waals surface area contributed by atoms with Crippen molar-refractivity contribution in [1.29, 1.82) is 0 Å². The number of aldehydes is 1. The van der Waals surface area contributed by atoms with Gasteiger partial charge in [-0.2, -0.15) is 0 Å². The Balaban J connectivity index is 1.73. The van der Waals surface area contributed by atoms with Crippen LogP contribution in [0.5, 0.6) is 5.75 Å². The minimum absolute atomic E-state index is 0.305. The van der Waals surface area contributed by atoms with E-state index >= 15 is 0 Å². The number of nitrogens with zero attached hydrogens (tertiary/aromatic N) is 1. The lowest BCUT2D eigenvalue weighted by molar-refractivity contribution is 0.111. The quantitative estimate of drug-likeness (QED) is 0.359. The van der Waals surface area contributed by atoms with Crippen LogP contribution in [0.25, 0.3) is 16.6 Å². The molecule has 0 saturated heterocycles. The van der Waals surface area contributed by atoms with Gasteiger partial charge in [-0.15, -0.1) is 0 Å². The van der Waals surface area contributed by atoms with Crippen molar-refractivity contribution in [3.63, 3.8) is 0 Å². The molecular formula is C26H25NO2. The van der Waals surface area contributed by atoms with Gasteiger partial charge in [-0.25, -0.2) is 0 Å². The van der Waals surface area contributed by atoms with Gasteiger partial charge in [0, 0.05) is 17.3 Å². The Morgan fingerprint density at radius 1 is 1.00 bits per heavy atom. The predicted octanol–water partition coefficient (Wildman–Crippen LogP) is 6.43. The number of carbonyl (C=O) groups is 1. The molecule has 0 fully saturated rings. The first-order chi connectivity index (χ1) is 14.1. The molecular weight excluding hydrogens is 358 g/mol. The maximum absolute atomic E-state index is 11.9. The molecule has 0 unspecified atom stereocenters. The highest BCUT2D eigenvalue weighted by Crippen LogP contribution is 2.34. The summed E-state index contributed by atoms with van der Waals surface area (Å²) in [7, 11) is 0. The van der Waals surface area contributed by atoms with E-state index in [1.54, 1.807) is 0 Å². The minimum atomic E-state index is 0.305. The van der Waals surface area contributed by atoms with Gasteiger partial charge in [-0.3, -0.25) is 4.79 Å². The molecule has 0 aliphatic heterocycles. The van der Waals surface area contributed by atoms with E-state index in [0.717, 1.165) is 39.8 Å². The van der Waals surface area contributed by atoms with Gasteiger partial charge < -0.3 is 9.14 Å². The van der Waals surface area contributed by atoms with Crippen LogP contribution >= 0.6 is 0 Å². The number of carbonyl (C=O) groups excluding carboxylic acids is 1. The second kappa shape index (κ2) is 7.96. The standard InChI is InChI=1S/C26H25NO2/c1-18(2)23-14-21(9-10-26(23)29-17-20-7-5-4-6-8-20)24-15-22-13-19(3)11-12-27(22)25(24)16-28/h4-16,18H,17H2,1-3H3. The van der Waals surface area contributed by atoms with Gasteiger partial charge in [0.15, 0.2) is 6.29 Å². The number of aromatic nitrogens is 1. The summed E-state index contributed by atoms with van der Waals surface area (Å²) in [6.45, 7) is 6.92. The first-order valence-corrected chi connectivity index (χ1v) is 9.94. The van der Waals surface area contributed by atoms with Crippen molar-refractivity contribution in [2.45, 2.75) is 33.3 Å². The molecule has 0 aliphatic rings. The fraction of sp³-hybridized carbons (Fsp3) is 0.192. The molecule has 146 valence electrons. The fourth-order valence-electron chi connectivity index (χ4n) is 3.70. The molecule has 2 aromatic heterocycles. The molecule has 0 bridgehead atoms. The van der Waals surface area contributed by atoms with Crippen LogP contribution in [0.1, 0.15) is 46.9 Å². The lowest BCUT2D eigenvalue weighted by atomic mass is 9.96. The van der Waals surface area contributed by atoms with E-state index in [1.165, 1.54) is 5.56 Å². The maximum Gasteiger partial charge on any atom is 0.167 e. The molecule has 3 nitrogen and oxygen atoms in total. The minimum Gasteiger partial charge on any atom is -0.489 e. The SMILES string of the molecule is Cc1ccn2c(C=O)c(-c3ccc(OCc4ccccc4)c(C(C)C)c3)cc2c1. The first-order valence-electron chi connectivity index (χ1n) is 9.94. The van der Waals surface area contributed by atoms with E-state index < -0.39 is 0 Å². The monoisotopic (exact) mass is 383 g/mol. The molecule has 0 aliphatic carbocycles. The molecule has 0 amide bonds. The number of hydrogen-bond acceptors (Lipinski definition) is 2. The molecule has 2 heterocycles. The second-order valence-corrected chi connectivity index (χ2v) is 7.74. The summed E-state index contributed by atoms with van der Waals surface area (Å²) in [6, 6.07) is 22.6. The van der Waals surface area contributed by atoms with E-state index in [0.29, 0.717) is 18.2 Å². The molecule has 0 atom stereocenters. The summed E-state index contributed by atoms with van der Waals surface area (Å²) in [4.78, 5) is 11.9. The van der Waals surface area contributed by atoms with E-state index in [2.05, 4.69) is 51.1 Å². The van der Waals surface area contributed by atoms with Gasteiger partial charge in [0.2, 0.25) is 0 Å². The van der Waals surface area contributed by atoms with Crippen LogP contribution in [-0.4, -0.2) is 10.7 Å². The van der Waals surface area contributed by atoms with E-state index in [4.69, 9.17) is 4.74 Å². The predicted molar refractivity (Wildman–Crippen MR) is 118 cm³/mol. The number of benzene rings is 2. The van der Waals surface area contributed by atoms with Crippen LogP contribution in [-0.2, 0) is 6.61 Å². The zero-order valence-corrected chi connectivity index (χ0v) is 17.1. The van der Waals surface area contributed by atoms with Gasteiger partial charge in [-0.1, -0.05) is 50.2 Å². The number of ether oxygens (including phenoxy) is 1.